The Kier molecular flexibility index (Phi) is 32.4. The number of carbonyl (C=O) groups is 5. The predicted octanol–water partition coefficient (Wildman–Crippen LogP) is -6.12. The molecule has 29 heteroatoms. The van der Waals surface area contributed by atoms with Gasteiger partial charge in [0.2, 0.25) is 5.91 Å². The van der Waals surface area contributed by atoms with Gasteiger partial charge in [-0.25, -0.2) is 0 Å². The zero-order valence-corrected chi connectivity index (χ0v) is 46.2. The van der Waals surface area contributed by atoms with E-state index in [0.717, 1.165) is 0 Å². The second-order valence-electron chi connectivity index (χ2n) is 21.0. The summed E-state index contributed by atoms with van der Waals surface area (Å²) in [7, 11) is 0. The van der Waals surface area contributed by atoms with Crippen LogP contribution in [0.15, 0.2) is 23.3 Å². The Morgan fingerprint density at radius 1 is 0.573 bits per heavy atom. The lowest BCUT2D eigenvalue weighted by molar-refractivity contribution is -0.300. The molecule has 0 spiro atoms. The van der Waals surface area contributed by atoms with Crippen molar-refractivity contribution >= 4 is 29.5 Å². The van der Waals surface area contributed by atoms with Crippen LogP contribution in [0.25, 0.3) is 0 Å². The van der Waals surface area contributed by atoms with Crippen molar-refractivity contribution < 1.29 is 133 Å². The number of unbranched alkanes of at least 4 members (excludes halogenated alkanes) is 2. The first-order valence-corrected chi connectivity index (χ1v) is 27.8. The van der Waals surface area contributed by atoms with E-state index >= 15 is 0 Å². The van der Waals surface area contributed by atoms with Crippen molar-refractivity contribution in [2.45, 2.75) is 182 Å². The maximum absolute atomic E-state index is 14.4. The number of ketones is 3. The minimum absolute atomic E-state index is 0.00732. The van der Waals surface area contributed by atoms with E-state index in [1.54, 1.807) is 6.08 Å². The minimum Gasteiger partial charge on any atom is -0.396 e. The van der Waals surface area contributed by atoms with Crippen LogP contribution in [0.3, 0.4) is 0 Å². The van der Waals surface area contributed by atoms with Crippen LogP contribution >= 0.6 is 0 Å². The van der Waals surface area contributed by atoms with Gasteiger partial charge in [0.25, 0.3) is 0 Å². The van der Waals surface area contributed by atoms with Gasteiger partial charge in [-0.05, 0) is 57.4 Å². The van der Waals surface area contributed by atoms with Crippen molar-refractivity contribution in [1.82, 2.24) is 10.2 Å². The van der Waals surface area contributed by atoms with E-state index in [1.807, 2.05) is 0 Å². The van der Waals surface area contributed by atoms with Gasteiger partial charge < -0.3 is 124 Å². The van der Waals surface area contributed by atoms with Gasteiger partial charge >= 0.3 is 0 Å². The number of rotatable bonds is 37. The molecule has 4 aliphatic heterocycles. The number of Topliss-reactive ketones (excluding diaryl/α,β-unsaturated/α-hetero) is 3. The zero-order chi connectivity index (χ0) is 60.5. The molecule has 4 heterocycles. The largest absolute Gasteiger partial charge is 0.396 e. The van der Waals surface area contributed by atoms with Gasteiger partial charge in [-0.15, -0.1) is 0 Å². The maximum Gasteiger partial charge on any atom is 0.234 e. The fraction of sp³-hybridized carbons (Fsp3) is 0.830. The molecule has 0 saturated carbocycles. The monoisotopic (exact) mass is 1180 g/mol. The third-order valence-electron chi connectivity index (χ3n) is 14.5. The summed E-state index contributed by atoms with van der Waals surface area (Å²) in [5, 5.41) is 146. The topological polar surface area (TPSA) is 458 Å². The van der Waals surface area contributed by atoms with Crippen molar-refractivity contribution in [2.24, 2.45) is 11.8 Å². The van der Waals surface area contributed by atoms with Gasteiger partial charge in [0.1, 0.15) is 67.0 Å². The van der Waals surface area contributed by atoms with Gasteiger partial charge in [-0.3, -0.25) is 19.3 Å². The van der Waals surface area contributed by atoms with Crippen LogP contribution in [0.5, 0.6) is 0 Å². The first-order chi connectivity index (χ1) is 39.2. The highest BCUT2D eigenvalue weighted by Gasteiger charge is 2.46. The number of carbonyl (C=O) groups excluding carboxylic acids is 5. The van der Waals surface area contributed by atoms with Gasteiger partial charge in [-0.2, -0.15) is 0 Å². The highest BCUT2D eigenvalue weighted by Crippen LogP contribution is 2.28. The fourth-order valence-corrected chi connectivity index (χ4v) is 9.58. The van der Waals surface area contributed by atoms with Gasteiger partial charge in [0.05, 0.1) is 109 Å². The number of aliphatic hydroxyl groups excluding tert-OH is 14. The number of amides is 1. The average molecular weight is 1190 g/mol. The Morgan fingerprint density at radius 2 is 1.18 bits per heavy atom. The fourth-order valence-electron chi connectivity index (χ4n) is 9.58. The molecule has 0 radical (unpaired) electrons. The summed E-state index contributed by atoms with van der Waals surface area (Å²) in [4.78, 5) is 66.8. The molecule has 0 aromatic rings. The summed E-state index contributed by atoms with van der Waals surface area (Å²) in [5.41, 5.74) is 0.536. The van der Waals surface area contributed by atoms with E-state index in [0.29, 0.717) is 37.5 Å². The molecule has 19 atom stereocenters. The molecule has 4 aliphatic rings. The Morgan fingerprint density at radius 3 is 1.84 bits per heavy atom. The van der Waals surface area contributed by atoms with E-state index in [2.05, 4.69) is 5.32 Å². The Hall–Kier alpha value is -3.29. The lowest BCUT2D eigenvalue weighted by Gasteiger charge is -2.39. The molecule has 1 amide bonds. The van der Waals surface area contributed by atoms with E-state index in [9.17, 15) is 95.5 Å². The number of nitrogens with one attached hydrogen (secondary N) is 1. The third-order valence-corrected chi connectivity index (χ3v) is 14.5. The molecule has 82 heavy (non-hydrogen) atoms. The molecular formula is C53H88N2O27. The van der Waals surface area contributed by atoms with Crippen LogP contribution in [-0.2, 0) is 61.9 Å². The maximum atomic E-state index is 14.4. The third kappa shape index (κ3) is 22.5. The average Bonchev–Trinajstić information content (AvgIpc) is 3.61. The van der Waals surface area contributed by atoms with E-state index in [1.165, 1.54) is 17.9 Å². The van der Waals surface area contributed by atoms with Crippen molar-refractivity contribution in [3.63, 3.8) is 0 Å². The second-order valence-corrected chi connectivity index (χ2v) is 21.0. The summed E-state index contributed by atoms with van der Waals surface area (Å²) in [5.74, 6) is -3.89. The number of hydrogen-bond acceptors (Lipinski definition) is 28. The van der Waals surface area contributed by atoms with E-state index in [-0.39, 0.29) is 95.9 Å². The number of aldehydes is 1. The molecule has 15 N–H and O–H groups in total. The number of aliphatic hydroxyl groups is 14. The number of hydrogen-bond donors (Lipinski definition) is 15. The highest BCUT2D eigenvalue weighted by molar-refractivity contribution is 5.97. The lowest BCUT2D eigenvalue weighted by atomic mass is 9.92. The minimum atomic E-state index is -1.76. The summed E-state index contributed by atoms with van der Waals surface area (Å²) < 4.78 is 44.9. The Labute approximate surface area is 474 Å². The molecule has 4 fully saturated rings. The SMILES string of the molecule is CC(=O)CCCCCNC(=O)CN(CC(=O)C/C(=C/CCO[C@H]1O[C@H](CO)[C@@H](O)[C@H](O)[C@@H]1C=O)CCO[C@H]1OC[C@H](CO)[C@@H](O)[C@H](O)[C@@H]1O)CC(=O)/C(=C\CCO[C@H]1O[C@H](CO)[C@@H](O)[C@H](O)[C@@H]1O)CCCO[C@H]1O[C@H](CO)C[C@H](O)[C@@H]1O. The molecule has 0 unspecified atom stereocenters. The van der Waals surface area contributed by atoms with Crippen molar-refractivity contribution in [1.29, 1.82) is 0 Å². The van der Waals surface area contributed by atoms with Crippen LogP contribution in [0, 0.1) is 11.8 Å². The standard InChI is InChI=1S/C53H88N2O27/c1-29(61)8-3-2-4-13-54-40(65)22-55(21-37(64)31(10-6-15-76-52-43(68)36(63)19-34(24-57)80-52)11-7-16-77-53-49(74)47(72)45(70)39(27-60)82-53)20-33(62)18-30(12-17-78-51-48(73)46(71)41(66)32(23-56)28-79-51)9-5-14-75-50-35(25-58)42(67)44(69)38(26-59)81-50/h9,11,25,32,34-36,38-39,41-53,56-57,59-60,63,66-74H,2-8,10,12-24,26-28H2,1H3,(H,54,65)/b30-9+,31-11-/t32-,34-,35-,36-,38+,39+,41+,42+,43-,44+,45+,46-,47-,48-,49-,50-,51-,52-,53-/m0/s1. The predicted molar refractivity (Wildman–Crippen MR) is 278 cm³/mol. The van der Waals surface area contributed by atoms with Crippen LogP contribution in [-0.4, -0.2) is 296 Å². The van der Waals surface area contributed by atoms with E-state index in [4.69, 9.17) is 37.9 Å². The van der Waals surface area contributed by atoms with Gasteiger partial charge in [0.15, 0.2) is 36.7 Å². The molecule has 0 aliphatic carbocycles. The summed E-state index contributed by atoms with van der Waals surface area (Å²) >= 11 is 0. The molecule has 29 nitrogen and oxygen atoms in total. The first-order valence-electron chi connectivity index (χ1n) is 27.8. The van der Waals surface area contributed by atoms with Gasteiger partial charge in [-0.1, -0.05) is 24.1 Å². The summed E-state index contributed by atoms with van der Waals surface area (Å²) in [6.45, 7) is -3.29. The molecular weight excluding hydrogens is 1100 g/mol. The quantitative estimate of drug-likeness (QED) is 0.0119. The van der Waals surface area contributed by atoms with Crippen molar-refractivity contribution in [3.8, 4) is 0 Å². The van der Waals surface area contributed by atoms with Crippen LogP contribution in [0.4, 0.5) is 0 Å². The normalized spacial score (nSPS) is 33.9. The number of nitrogens with zero attached hydrogens (tertiary/aromatic N) is 1. The lowest BCUT2D eigenvalue weighted by Crippen LogP contribution is -2.59. The van der Waals surface area contributed by atoms with Crippen LogP contribution in [0.1, 0.15) is 77.6 Å². The highest BCUT2D eigenvalue weighted by atomic mass is 16.7. The molecule has 0 aromatic carbocycles. The molecule has 472 valence electrons. The smallest absolute Gasteiger partial charge is 0.234 e. The first kappa shape index (κ1) is 71.2. The summed E-state index contributed by atoms with van der Waals surface area (Å²) in [6, 6.07) is 0. The second kappa shape index (κ2) is 37.3. The van der Waals surface area contributed by atoms with Gasteiger partial charge in [0, 0.05) is 31.7 Å². The molecule has 4 rings (SSSR count). The number of ether oxygens (including phenoxy) is 8. The molecule has 0 bridgehead atoms. The van der Waals surface area contributed by atoms with Crippen molar-refractivity contribution in [2.75, 3.05) is 85.6 Å². The Bertz CT molecular complexity index is 1980. The van der Waals surface area contributed by atoms with Crippen molar-refractivity contribution in [3.05, 3.63) is 23.3 Å². The zero-order valence-electron chi connectivity index (χ0n) is 46.2. The summed E-state index contributed by atoms with van der Waals surface area (Å²) in [6.07, 6.45) is -19.7. The molecule has 0 aromatic heterocycles. The molecule has 4 saturated heterocycles. The Balaban J connectivity index is 1.56. The van der Waals surface area contributed by atoms with Crippen LogP contribution < -0.4 is 5.32 Å². The van der Waals surface area contributed by atoms with E-state index < -0.39 is 180 Å². The van der Waals surface area contributed by atoms with Crippen LogP contribution in [0.2, 0.25) is 0 Å².